The van der Waals surface area contributed by atoms with Crippen molar-refractivity contribution in [3.8, 4) is 0 Å². The van der Waals surface area contributed by atoms with Gasteiger partial charge >= 0.3 is 6.09 Å². The number of nitrogens with zero attached hydrogens (tertiary/aromatic N) is 2. The van der Waals surface area contributed by atoms with Crippen molar-refractivity contribution < 1.29 is 33.0 Å². The van der Waals surface area contributed by atoms with Gasteiger partial charge in [-0.2, -0.15) is 0 Å². The fraction of sp³-hybridized carbons (Fsp3) is 0.391. The number of hydrogen-bond acceptors (Lipinski definition) is 5. The molecule has 12 heteroatoms. The summed E-state index contributed by atoms with van der Waals surface area (Å²) in [5.41, 5.74) is -1.97. The largest absolute Gasteiger partial charge is 0.465 e. The second-order valence-corrected chi connectivity index (χ2v) is 10.1. The predicted molar refractivity (Wildman–Crippen MR) is 130 cm³/mol. The third-order valence-electron chi connectivity index (χ3n) is 6.26. The summed E-state index contributed by atoms with van der Waals surface area (Å²) in [7, 11) is 0. The van der Waals surface area contributed by atoms with E-state index in [0.29, 0.717) is 29.5 Å². The Morgan fingerprint density at radius 3 is 2.37 bits per heavy atom. The molecule has 2 amide bonds. The summed E-state index contributed by atoms with van der Waals surface area (Å²) in [4.78, 5) is 26.7. The van der Waals surface area contributed by atoms with Crippen LogP contribution in [-0.4, -0.2) is 76.4 Å². The fourth-order valence-electron chi connectivity index (χ4n) is 4.28. The molecule has 2 saturated heterocycles. The van der Waals surface area contributed by atoms with Gasteiger partial charge < -0.3 is 30.6 Å². The lowest BCUT2D eigenvalue weighted by Crippen LogP contribution is -2.68. The van der Waals surface area contributed by atoms with Crippen molar-refractivity contribution in [3.63, 3.8) is 0 Å². The molecule has 2 aliphatic heterocycles. The zero-order chi connectivity index (χ0) is 25.3. The molecule has 0 bridgehead atoms. The number of hydrogen-bond donors (Lipinski definition) is 4. The van der Waals surface area contributed by atoms with Gasteiger partial charge in [-0.25, -0.2) is 18.0 Å². The Bertz CT molecular complexity index is 1140. The van der Waals surface area contributed by atoms with Crippen molar-refractivity contribution in [1.82, 2.24) is 15.1 Å². The van der Waals surface area contributed by atoms with Crippen LogP contribution in [0.5, 0.6) is 0 Å². The molecule has 35 heavy (non-hydrogen) atoms. The van der Waals surface area contributed by atoms with Gasteiger partial charge in [-0.15, -0.1) is 0 Å². The van der Waals surface area contributed by atoms with Crippen molar-refractivity contribution in [2.24, 2.45) is 0 Å². The van der Waals surface area contributed by atoms with Crippen LogP contribution in [0.4, 0.5) is 29.3 Å². The van der Waals surface area contributed by atoms with Gasteiger partial charge in [0.1, 0.15) is 11.4 Å². The van der Waals surface area contributed by atoms with Crippen molar-refractivity contribution in [2.45, 2.75) is 24.5 Å². The SMILES string of the molecule is O=C(O)N1CCC(NCC2(O)CN(C(=O)c3ccc(F)c(F)c3Nc3ccc(I)cc3F)C2)CC1. The van der Waals surface area contributed by atoms with E-state index in [1.54, 1.807) is 6.07 Å². The van der Waals surface area contributed by atoms with E-state index < -0.39 is 40.7 Å². The number of carbonyl (C=O) groups excluding carboxylic acids is 1. The smallest absolute Gasteiger partial charge is 0.407 e. The number of halogens is 4. The third kappa shape index (κ3) is 5.64. The lowest BCUT2D eigenvalue weighted by Gasteiger charge is -2.47. The first-order chi connectivity index (χ1) is 16.6. The molecule has 0 unspecified atom stereocenters. The lowest BCUT2D eigenvalue weighted by molar-refractivity contribution is -0.0804. The Kier molecular flexibility index (Phi) is 7.43. The molecule has 0 saturated carbocycles. The molecule has 8 nitrogen and oxygen atoms in total. The zero-order valence-corrected chi connectivity index (χ0v) is 20.7. The molecule has 2 fully saturated rings. The quantitative estimate of drug-likeness (QED) is 0.378. The van der Waals surface area contributed by atoms with Crippen LogP contribution in [0.15, 0.2) is 30.3 Å². The second kappa shape index (κ2) is 10.2. The molecule has 4 rings (SSSR count). The minimum absolute atomic E-state index is 0.0247. The summed E-state index contributed by atoms with van der Waals surface area (Å²) in [6, 6.07) is 6.17. The van der Waals surface area contributed by atoms with Gasteiger partial charge in [0.15, 0.2) is 11.6 Å². The summed E-state index contributed by atoms with van der Waals surface area (Å²) in [6.45, 7) is 0.962. The highest BCUT2D eigenvalue weighted by Crippen LogP contribution is 2.31. The van der Waals surface area contributed by atoms with E-state index in [-0.39, 0.29) is 36.9 Å². The van der Waals surface area contributed by atoms with Gasteiger partial charge in [0, 0.05) is 29.2 Å². The Morgan fingerprint density at radius 2 is 1.74 bits per heavy atom. The van der Waals surface area contributed by atoms with E-state index in [1.807, 2.05) is 22.6 Å². The van der Waals surface area contributed by atoms with Gasteiger partial charge in [-0.3, -0.25) is 4.79 Å². The summed E-state index contributed by atoms with van der Waals surface area (Å²) in [5.74, 6) is -3.80. The Balaban J connectivity index is 1.40. The highest BCUT2D eigenvalue weighted by molar-refractivity contribution is 14.1. The predicted octanol–water partition coefficient (Wildman–Crippen LogP) is 3.37. The number of carbonyl (C=O) groups is 2. The van der Waals surface area contributed by atoms with Crippen LogP contribution in [0.3, 0.4) is 0 Å². The number of benzene rings is 2. The molecular weight excluding hydrogens is 580 g/mol. The number of carboxylic acid groups (broad SMARTS) is 1. The number of β-amino-alcohol motifs (C(OH)–C–C–N with tert-alkyl or cyclic N) is 1. The minimum Gasteiger partial charge on any atom is -0.465 e. The maximum atomic E-state index is 14.6. The zero-order valence-electron chi connectivity index (χ0n) is 18.5. The summed E-state index contributed by atoms with van der Waals surface area (Å²) < 4.78 is 43.5. The molecule has 2 aromatic carbocycles. The van der Waals surface area contributed by atoms with Gasteiger partial charge in [-0.05, 0) is 65.8 Å². The molecule has 0 radical (unpaired) electrons. The highest BCUT2D eigenvalue weighted by atomic mass is 127. The maximum Gasteiger partial charge on any atom is 0.407 e. The molecule has 2 aromatic rings. The van der Waals surface area contributed by atoms with E-state index in [1.165, 1.54) is 21.9 Å². The van der Waals surface area contributed by atoms with Crippen molar-refractivity contribution in [1.29, 1.82) is 0 Å². The number of aliphatic hydroxyl groups is 1. The Labute approximate surface area is 213 Å². The molecule has 188 valence electrons. The number of amides is 2. The highest BCUT2D eigenvalue weighted by Gasteiger charge is 2.44. The van der Waals surface area contributed by atoms with Crippen LogP contribution in [0.1, 0.15) is 23.2 Å². The van der Waals surface area contributed by atoms with E-state index in [2.05, 4.69) is 10.6 Å². The third-order valence-corrected chi connectivity index (χ3v) is 6.93. The first kappa shape index (κ1) is 25.5. The van der Waals surface area contributed by atoms with Crippen molar-refractivity contribution in [3.05, 3.63) is 56.9 Å². The average Bonchev–Trinajstić information content (AvgIpc) is 2.80. The van der Waals surface area contributed by atoms with E-state index in [9.17, 15) is 27.9 Å². The molecule has 2 aliphatic rings. The Morgan fingerprint density at radius 1 is 1.06 bits per heavy atom. The van der Waals surface area contributed by atoms with Crippen LogP contribution in [-0.2, 0) is 0 Å². The summed E-state index contributed by atoms with van der Waals surface area (Å²) >= 11 is 1.91. The lowest BCUT2D eigenvalue weighted by atomic mass is 9.92. The first-order valence-corrected chi connectivity index (χ1v) is 12.1. The van der Waals surface area contributed by atoms with Gasteiger partial charge in [0.05, 0.1) is 30.0 Å². The maximum absolute atomic E-state index is 14.6. The summed E-state index contributed by atoms with van der Waals surface area (Å²) in [5, 5.41) is 25.5. The van der Waals surface area contributed by atoms with Gasteiger partial charge in [0.2, 0.25) is 0 Å². The first-order valence-electron chi connectivity index (χ1n) is 11.0. The number of piperidine rings is 1. The Hall–Kier alpha value is -2.58. The van der Waals surface area contributed by atoms with Crippen LogP contribution in [0, 0.1) is 21.0 Å². The van der Waals surface area contributed by atoms with Crippen molar-refractivity contribution >= 4 is 46.0 Å². The average molecular weight is 604 g/mol. The second-order valence-electron chi connectivity index (χ2n) is 8.84. The van der Waals surface area contributed by atoms with Crippen LogP contribution < -0.4 is 10.6 Å². The van der Waals surface area contributed by atoms with Crippen LogP contribution in [0.25, 0.3) is 0 Å². The van der Waals surface area contributed by atoms with Crippen molar-refractivity contribution in [2.75, 3.05) is 38.0 Å². The van der Waals surface area contributed by atoms with Crippen LogP contribution in [0.2, 0.25) is 0 Å². The molecule has 0 aromatic heterocycles. The fourth-order valence-corrected chi connectivity index (χ4v) is 4.73. The van der Waals surface area contributed by atoms with E-state index in [4.69, 9.17) is 5.11 Å². The monoisotopic (exact) mass is 604 g/mol. The van der Waals surface area contributed by atoms with Gasteiger partial charge in [-0.1, -0.05) is 0 Å². The number of anilines is 2. The standard InChI is InChI=1S/C23H24F3IN4O4/c24-16-3-2-15(20(19(16)26)29-18-4-1-13(27)9-17(18)25)21(32)31-11-23(35,12-31)10-28-14-5-7-30(8-6-14)22(33)34/h1-4,9,14,28-29,35H,5-8,10-12H2,(H,33,34). The molecule has 4 N–H and O–H groups in total. The number of nitrogens with one attached hydrogen (secondary N) is 2. The van der Waals surface area contributed by atoms with E-state index >= 15 is 0 Å². The van der Waals surface area contributed by atoms with Crippen LogP contribution >= 0.6 is 22.6 Å². The molecule has 0 atom stereocenters. The molecular formula is C23H24F3IN4O4. The normalized spacial score (nSPS) is 17.7. The topological polar surface area (TPSA) is 105 Å². The molecule has 2 heterocycles. The minimum atomic E-state index is -1.31. The molecule has 0 aliphatic carbocycles. The number of rotatable bonds is 6. The molecule has 0 spiro atoms. The summed E-state index contributed by atoms with van der Waals surface area (Å²) in [6.07, 6.45) is 0.277. The van der Waals surface area contributed by atoms with Gasteiger partial charge in [0.25, 0.3) is 5.91 Å². The van der Waals surface area contributed by atoms with E-state index in [0.717, 1.165) is 12.1 Å². The number of likely N-dealkylation sites (tertiary alicyclic amines) is 2.